The lowest BCUT2D eigenvalue weighted by Gasteiger charge is -2.31. The van der Waals surface area contributed by atoms with E-state index in [4.69, 9.17) is 19.9 Å². The number of hydrogen-bond donors (Lipinski definition) is 2. The number of hydrogen-bond acceptors (Lipinski definition) is 5. The Labute approximate surface area is 134 Å². The highest BCUT2D eigenvalue weighted by Crippen LogP contribution is 2.33. The summed E-state index contributed by atoms with van der Waals surface area (Å²) >= 11 is 1.75. The summed E-state index contributed by atoms with van der Waals surface area (Å²) in [5, 5.41) is 5.21. The summed E-state index contributed by atoms with van der Waals surface area (Å²) < 4.78 is 17.2. The normalized spacial score (nSPS) is 24.7. The molecule has 2 fully saturated rings. The van der Waals surface area contributed by atoms with Gasteiger partial charge in [0.2, 0.25) is 0 Å². The van der Waals surface area contributed by atoms with E-state index in [2.05, 4.69) is 27.8 Å². The molecule has 3 rings (SSSR count). The SMILES string of the molecule is NC(=NCC1COC2(CCOCC2)O1)NCCc1cccs1. The van der Waals surface area contributed by atoms with E-state index >= 15 is 0 Å². The van der Waals surface area contributed by atoms with Crippen LogP contribution in [-0.2, 0) is 20.6 Å². The van der Waals surface area contributed by atoms with Gasteiger partial charge in [-0.2, -0.15) is 0 Å². The van der Waals surface area contributed by atoms with E-state index in [1.165, 1.54) is 4.88 Å². The zero-order valence-corrected chi connectivity index (χ0v) is 13.4. The van der Waals surface area contributed by atoms with E-state index in [1.807, 2.05) is 0 Å². The number of rotatable bonds is 5. The van der Waals surface area contributed by atoms with Gasteiger partial charge in [0.1, 0.15) is 6.10 Å². The summed E-state index contributed by atoms with van der Waals surface area (Å²) in [6.07, 6.45) is 2.53. The van der Waals surface area contributed by atoms with Gasteiger partial charge < -0.3 is 25.3 Å². The Hall–Kier alpha value is -1.15. The molecule has 2 saturated heterocycles. The molecule has 122 valence electrons. The minimum absolute atomic E-state index is 0.0178. The molecule has 7 heteroatoms. The van der Waals surface area contributed by atoms with Crippen molar-refractivity contribution < 1.29 is 14.2 Å². The Kier molecular flexibility index (Phi) is 5.30. The van der Waals surface area contributed by atoms with Crippen LogP contribution in [0.3, 0.4) is 0 Å². The van der Waals surface area contributed by atoms with Gasteiger partial charge in [0.25, 0.3) is 0 Å². The lowest BCUT2D eigenvalue weighted by atomic mass is 10.1. The number of thiophene rings is 1. The monoisotopic (exact) mass is 325 g/mol. The molecule has 0 saturated carbocycles. The lowest BCUT2D eigenvalue weighted by Crippen LogP contribution is -2.38. The van der Waals surface area contributed by atoms with Crippen molar-refractivity contribution >= 4 is 17.3 Å². The molecule has 0 radical (unpaired) electrons. The second kappa shape index (κ2) is 7.41. The summed E-state index contributed by atoms with van der Waals surface area (Å²) in [6.45, 7) is 3.29. The zero-order chi connectivity index (χ0) is 15.3. The van der Waals surface area contributed by atoms with Gasteiger partial charge >= 0.3 is 0 Å². The maximum absolute atomic E-state index is 6.01. The molecular weight excluding hydrogens is 302 g/mol. The Bertz CT molecular complexity index is 486. The first kappa shape index (κ1) is 15.7. The van der Waals surface area contributed by atoms with Crippen molar-refractivity contribution in [2.24, 2.45) is 10.7 Å². The van der Waals surface area contributed by atoms with Crippen molar-refractivity contribution in [1.29, 1.82) is 0 Å². The van der Waals surface area contributed by atoms with Crippen molar-refractivity contribution in [1.82, 2.24) is 5.32 Å². The number of nitrogens with zero attached hydrogens (tertiary/aromatic N) is 1. The predicted octanol–water partition coefficient (Wildman–Crippen LogP) is 1.12. The molecule has 1 atom stereocenters. The van der Waals surface area contributed by atoms with Gasteiger partial charge in [-0.05, 0) is 17.9 Å². The molecule has 3 N–H and O–H groups in total. The van der Waals surface area contributed by atoms with Crippen molar-refractivity contribution in [3.63, 3.8) is 0 Å². The fraction of sp³-hybridized carbons (Fsp3) is 0.667. The van der Waals surface area contributed by atoms with Crippen LogP contribution in [0.25, 0.3) is 0 Å². The molecule has 0 amide bonds. The summed E-state index contributed by atoms with van der Waals surface area (Å²) in [5.41, 5.74) is 5.89. The smallest absolute Gasteiger partial charge is 0.188 e. The molecule has 1 aromatic heterocycles. The van der Waals surface area contributed by atoms with E-state index < -0.39 is 5.79 Å². The highest BCUT2D eigenvalue weighted by atomic mass is 32.1. The molecule has 0 aromatic carbocycles. The van der Waals surface area contributed by atoms with Gasteiger partial charge in [-0.1, -0.05) is 6.07 Å². The first-order valence-electron chi connectivity index (χ1n) is 7.71. The zero-order valence-electron chi connectivity index (χ0n) is 12.6. The Morgan fingerprint density at radius 2 is 2.32 bits per heavy atom. The molecule has 1 unspecified atom stereocenters. The number of nitrogens with two attached hydrogens (primary N) is 1. The summed E-state index contributed by atoms with van der Waals surface area (Å²) in [6, 6.07) is 4.18. The molecule has 1 aromatic rings. The van der Waals surface area contributed by atoms with Crippen molar-refractivity contribution in [3.8, 4) is 0 Å². The van der Waals surface area contributed by atoms with Gasteiger partial charge in [-0.15, -0.1) is 11.3 Å². The van der Waals surface area contributed by atoms with Crippen molar-refractivity contribution in [3.05, 3.63) is 22.4 Å². The summed E-state index contributed by atoms with van der Waals surface area (Å²) in [4.78, 5) is 5.70. The van der Waals surface area contributed by atoms with Gasteiger partial charge in [-0.3, -0.25) is 4.99 Å². The molecule has 2 aliphatic rings. The predicted molar refractivity (Wildman–Crippen MR) is 86.1 cm³/mol. The fourth-order valence-corrected chi connectivity index (χ4v) is 3.38. The third kappa shape index (κ3) is 4.19. The first-order valence-corrected chi connectivity index (χ1v) is 8.59. The van der Waals surface area contributed by atoms with Crippen LogP contribution < -0.4 is 11.1 Å². The van der Waals surface area contributed by atoms with Crippen LogP contribution in [0.1, 0.15) is 17.7 Å². The average Bonchev–Trinajstić information content (AvgIpc) is 3.17. The second-order valence-corrected chi connectivity index (χ2v) is 6.59. The van der Waals surface area contributed by atoms with Crippen LogP contribution in [0.4, 0.5) is 0 Å². The maximum Gasteiger partial charge on any atom is 0.188 e. The third-order valence-electron chi connectivity index (χ3n) is 3.89. The van der Waals surface area contributed by atoms with Crippen LogP contribution in [0.5, 0.6) is 0 Å². The van der Waals surface area contributed by atoms with E-state index in [9.17, 15) is 0 Å². The van der Waals surface area contributed by atoms with Gasteiger partial charge in [0, 0.05) is 24.3 Å². The van der Waals surface area contributed by atoms with Gasteiger partial charge in [0.05, 0.1) is 26.4 Å². The molecule has 0 bridgehead atoms. The highest BCUT2D eigenvalue weighted by molar-refractivity contribution is 7.09. The maximum atomic E-state index is 6.01. The molecule has 1 spiro atoms. The summed E-state index contributed by atoms with van der Waals surface area (Å²) in [5.74, 6) is 0.0212. The van der Waals surface area contributed by atoms with Crippen LogP contribution in [0, 0.1) is 0 Å². The van der Waals surface area contributed by atoms with E-state index in [-0.39, 0.29) is 6.10 Å². The number of ether oxygens (including phenoxy) is 3. The van der Waals surface area contributed by atoms with Crippen molar-refractivity contribution in [2.75, 3.05) is 32.9 Å². The van der Waals surface area contributed by atoms with E-state index in [1.54, 1.807) is 11.3 Å². The largest absolute Gasteiger partial charge is 0.381 e. The average molecular weight is 325 g/mol. The molecule has 3 heterocycles. The lowest BCUT2D eigenvalue weighted by molar-refractivity contribution is -0.210. The minimum atomic E-state index is -0.445. The van der Waals surface area contributed by atoms with Crippen LogP contribution >= 0.6 is 11.3 Å². The Balaban J connectivity index is 1.37. The molecule has 2 aliphatic heterocycles. The second-order valence-electron chi connectivity index (χ2n) is 5.56. The standard InChI is InChI=1S/C15H23N3O3S/c16-14(17-6-3-13-2-1-9-22-13)18-10-12-11-20-15(21-12)4-7-19-8-5-15/h1-2,9,12H,3-8,10-11H2,(H3,16,17,18). The van der Waals surface area contributed by atoms with E-state index in [0.717, 1.165) is 25.8 Å². The van der Waals surface area contributed by atoms with Gasteiger partial charge in [-0.25, -0.2) is 0 Å². The minimum Gasteiger partial charge on any atom is -0.381 e. The molecule has 0 aliphatic carbocycles. The fourth-order valence-electron chi connectivity index (χ4n) is 2.68. The Morgan fingerprint density at radius 1 is 1.45 bits per heavy atom. The van der Waals surface area contributed by atoms with E-state index in [0.29, 0.717) is 32.3 Å². The van der Waals surface area contributed by atoms with Crippen LogP contribution in [-0.4, -0.2) is 50.8 Å². The van der Waals surface area contributed by atoms with Crippen molar-refractivity contribution in [2.45, 2.75) is 31.2 Å². The quantitative estimate of drug-likeness (QED) is 0.626. The van der Waals surface area contributed by atoms with Gasteiger partial charge in [0.15, 0.2) is 11.7 Å². The topological polar surface area (TPSA) is 78.1 Å². The first-order chi connectivity index (χ1) is 10.8. The Morgan fingerprint density at radius 3 is 3.09 bits per heavy atom. The molecule has 6 nitrogen and oxygen atoms in total. The number of guanidine groups is 1. The molecular formula is C15H23N3O3S. The third-order valence-corrected chi connectivity index (χ3v) is 4.83. The number of nitrogens with one attached hydrogen (secondary N) is 1. The van der Waals surface area contributed by atoms with Crippen LogP contribution in [0.15, 0.2) is 22.5 Å². The highest BCUT2D eigenvalue weighted by Gasteiger charge is 2.42. The molecule has 22 heavy (non-hydrogen) atoms. The van der Waals surface area contributed by atoms with Crippen LogP contribution in [0.2, 0.25) is 0 Å². The number of aliphatic imine (C=N–C) groups is 1. The summed E-state index contributed by atoms with van der Waals surface area (Å²) in [7, 11) is 0.